The number of aryl methyl sites for hydroxylation is 2. The average Bonchev–Trinajstić information content (AvgIpc) is 3.32. The van der Waals surface area contributed by atoms with Crippen LogP contribution < -0.4 is 16.2 Å². The molecule has 10 nitrogen and oxygen atoms in total. The smallest absolute Gasteiger partial charge is 0.254 e. The maximum absolute atomic E-state index is 13.8. The van der Waals surface area contributed by atoms with E-state index < -0.39 is 6.04 Å². The lowest BCUT2D eigenvalue weighted by molar-refractivity contribution is -0.123. The van der Waals surface area contributed by atoms with Gasteiger partial charge < -0.3 is 16.0 Å². The van der Waals surface area contributed by atoms with Crippen LogP contribution in [0.3, 0.4) is 0 Å². The first kappa shape index (κ1) is 28.9. The Kier molecular flexibility index (Phi) is 8.35. The van der Waals surface area contributed by atoms with Gasteiger partial charge in [-0.05, 0) is 49.6 Å². The van der Waals surface area contributed by atoms with Gasteiger partial charge in [0.05, 0.1) is 40.8 Å². The first-order chi connectivity index (χ1) is 20.2. The monoisotopic (exact) mass is 584 g/mol. The molecule has 3 N–H and O–H groups in total. The third-order valence-electron chi connectivity index (χ3n) is 7.63. The van der Waals surface area contributed by atoms with Gasteiger partial charge in [0.15, 0.2) is 0 Å². The predicted octanol–water partition coefficient (Wildman–Crippen LogP) is 4.73. The van der Waals surface area contributed by atoms with Crippen LogP contribution in [0.2, 0.25) is 5.02 Å². The Labute approximate surface area is 249 Å². The highest BCUT2D eigenvalue weighted by atomic mass is 35.5. The van der Waals surface area contributed by atoms with E-state index in [0.717, 1.165) is 34.2 Å². The van der Waals surface area contributed by atoms with E-state index in [0.29, 0.717) is 47.1 Å². The molecule has 2 unspecified atom stereocenters. The Morgan fingerprint density at radius 3 is 2.60 bits per heavy atom. The molecule has 0 spiro atoms. The summed E-state index contributed by atoms with van der Waals surface area (Å²) < 4.78 is 3.36. The van der Waals surface area contributed by atoms with Crippen LogP contribution in [-0.2, 0) is 11.8 Å². The van der Waals surface area contributed by atoms with Gasteiger partial charge in [0.2, 0.25) is 5.91 Å². The number of fused-ring (bicyclic) bond motifs is 2. The van der Waals surface area contributed by atoms with Crippen molar-refractivity contribution in [2.45, 2.75) is 39.2 Å². The molecule has 11 heteroatoms. The van der Waals surface area contributed by atoms with Crippen molar-refractivity contribution in [2.24, 2.45) is 13.0 Å². The summed E-state index contributed by atoms with van der Waals surface area (Å²) in [5.74, 6) is -0.434. The van der Waals surface area contributed by atoms with Gasteiger partial charge in [0.25, 0.3) is 5.56 Å². The fourth-order valence-corrected chi connectivity index (χ4v) is 5.62. The molecule has 0 radical (unpaired) electrons. The van der Waals surface area contributed by atoms with Gasteiger partial charge in [-0.1, -0.05) is 31.0 Å². The van der Waals surface area contributed by atoms with Crippen LogP contribution in [-0.4, -0.2) is 43.5 Å². The fourth-order valence-electron chi connectivity index (χ4n) is 5.44. The molecule has 0 fully saturated rings. The Hall–Kier alpha value is -4.57. The molecule has 0 aliphatic carbocycles. The van der Waals surface area contributed by atoms with Crippen molar-refractivity contribution in [1.29, 1.82) is 5.41 Å². The normalized spacial score (nSPS) is 19.4. The molecule has 2 bridgehead atoms. The minimum Gasteiger partial charge on any atom is -0.386 e. The van der Waals surface area contributed by atoms with Crippen LogP contribution in [0.5, 0.6) is 0 Å². The largest absolute Gasteiger partial charge is 0.386 e. The highest BCUT2D eigenvalue weighted by Gasteiger charge is 2.23. The molecule has 1 aromatic carbocycles. The molecule has 0 saturated heterocycles. The van der Waals surface area contributed by atoms with Gasteiger partial charge in [0.1, 0.15) is 0 Å². The van der Waals surface area contributed by atoms with Gasteiger partial charge in [-0.3, -0.25) is 23.8 Å². The zero-order valence-electron chi connectivity index (χ0n) is 24.0. The molecule has 42 heavy (non-hydrogen) atoms. The summed E-state index contributed by atoms with van der Waals surface area (Å²) in [6, 6.07) is 10.4. The van der Waals surface area contributed by atoms with Crippen molar-refractivity contribution >= 4 is 29.4 Å². The van der Waals surface area contributed by atoms with Crippen LogP contribution in [0.4, 0.5) is 0 Å². The summed E-state index contributed by atoms with van der Waals surface area (Å²) in [6.07, 6.45) is 8.18. The molecule has 1 aliphatic heterocycles. The topological polar surface area (TPSA) is 131 Å². The molecule has 4 heterocycles. The second-order valence-electron chi connectivity index (χ2n) is 10.5. The number of nitrogens with one attached hydrogen (secondary N) is 3. The van der Waals surface area contributed by atoms with Crippen LogP contribution in [0.15, 0.2) is 65.6 Å². The zero-order valence-corrected chi connectivity index (χ0v) is 24.7. The first-order valence-corrected chi connectivity index (χ1v) is 14.2. The van der Waals surface area contributed by atoms with E-state index in [1.807, 2.05) is 57.4 Å². The number of carbonyl (C=O) groups is 1. The number of aromatic nitrogens is 5. The van der Waals surface area contributed by atoms with E-state index in [-0.39, 0.29) is 17.4 Å². The SMILES string of the molecule is CN/C1=C(\C=N)NC(=O)C(C)CCCC(n2cnc(-c3cc(Cl)ccc3-c3cn(C)nc3C)cc2=O)c2cc1ccn2. The zero-order chi connectivity index (χ0) is 30.0. The lowest BCUT2D eigenvalue weighted by Gasteiger charge is -2.23. The van der Waals surface area contributed by atoms with Crippen molar-refractivity contribution in [1.82, 2.24) is 34.9 Å². The molecule has 216 valence electrons. The number of rotatable bonds is 5. The van der Waals surface area contributed by atoms with Gasteiger partial charge in [-0.25, -0.2) is 4.98 Å². The van der Waals surface area contributed by atoms with Crippen molar-refractivity contribution < 1.29 is 4.79 Å². The van der Waals surface area contributed by atoms with E-state index in [1.54, 1.807) is 28.8 Å². The first-order valence-electron chi connectivity index (χ1n) is 13.8. The minimum atomic E-state index is -0.408. The number of allylic oxidation sites excluding steroid dienone is 1. The number of carbonyl (C=O) groups excluding carboxylic acids is 1. The fraction of sp³-hybridized carbons (Fsp3) is 0.290. The molecule has 1 amide bonds. The summed E-state index contributed by atoms with van der Waals surface area (Å²) in [7, 11) is 3.61. The summed E-state index contributed by atoms with van der Waals surface area (Å²) in [5, 5.41) is 18.9. The molecule has 1 aliphatic rings. The van der Waals surface area contributed by atoms with E-state index in [2.05, 4.69) is 20.7 Å². The van der Waals surface area contributed by atoms with Gasteiger partial charge in [0, 0.05) is 66.4 Å². The van der Waals surface area contributed by atoms with Crippen LogP contribution in [0, 0.1) is 18.3 Å². The van der Waals surface area contributed by atoms with Crippen molar-refractivity contribution in [3.63, 3.8) is 0 Å². The number of amides is 1. The third-order valence-corrected chi connectivity index (χ3v) is 7.86. The second kappa shape index (κ2) is 12.1. The van der Waals surface area contributed by atoms with E-state index in [9.17, 15) is 9.59 Å². The molecule has 3 aromatic heterocycles. The van der Waals surface area contributed by atoms with Crippen LogP contribution in [0.1, 0.15) is 49.2 Å². The number of halogens is 1. The highest BCUT2D eigenvalue weighted by Crippen LogP contribution is 2.35. The number of pyridine rings is 1. The summed E-state index contributed by atoms with van der Waals surface area (Å²) >= 11 is 6.39. The molecule has 2 atom stereocenters. The van der Waals surface area contributed by atoms with E-state index >= 15 is 0 Å². The number of hydrogen-bond acceptors (Lipinski definition) is 7. The Bertz CT molecular complexity index is 1760. The minimum absolute atomic E-state index is 0.156. The summed E-state index contributed by atoms with van der Waals surface area (Å²) in [6.45, 7) is 3.80. The number of hydrogen-bond donors (Lipinski definition) is 3. The highest BCUT2D eigenvalue weighted by molar-refractivity contribution is 6.31. The molecule has 0 saturated carbocycles. The number of nitrogens with zero attached hydrogens (tertiary/aromatic N) is 5. The van der Waals surface area contributed by atoms with Crippen molar-refractivity contribution in [3.05, 3.63) is 93.1 Å². The average molecular weight is 585 g/mol. The molecular formula is C31H33ClN8O2. The lowest BCUT2D eigenvalue weighted by Crippen LogP contribution is -2.32. The van der Waals surface area contributed by atoms with E-state index in [1.165, 1.54) is 6.07 Å². The Balaban J connectivity index is 1.61. The Morgan fingerprint density at radius 1 is 1.10 bits per heavy atom. The van der Waals surface area contributed by atoms with Gasteiger partial charge in [-0.15, -0.1) is 0 Å². The molecular weight excluding hydrogens is 552 g/mol. The number of benzene rings is 1. The summed E-state index contributed by atoms with van der Waals surface area (Å²) in [4.78, 5) is 36.0. The maximum atomic E-state index is 13.8. The Morgan fingerprint density at radius 2 is 1.90 bits per heavy atom. The molecule has 4 aromatic rings. The predicted molar refractivity (Wildman–Crippen MR) is 164 cm³/mol. The second-order valence-corrected chi connectivity index (χ2v) is 10.9. The van der Waals surface area contributed by atoms with Crippen LogP contribution >= 0.6 is 11.6 Å². The van der Waals surface area contributed by atoms with Gasteiger partial charge in [-0.2, -0.15) is 5.10 Å². The lowest BCUT2D eigenvalue weighted by atomic mass is 9.96. The van der Waals surface area contributed by atoms with E-state index in [4.69, 9.17) is 22.0 Å². The van der Waals surface area contributed by atoms with Crippen molar-refractivity contribution in [3.8, 4) is 22.4 Å². The van der Waals surface area contributed by atoms with Crippen molar-refractivity contribution in [2.75, 3.05) is 7.05 Å². The van der Waals surface area contributed by atoms with Crippen LogP contribution in [0.25, 0.3) is 28.1 Å². The maximum Gasteiger partial charge on any atom is 0.254 e. The van der Waals surface area contributed by atoms with Gasteiger partial charge >= 0.3 is 0 Å². The summed E-state index contributed by atoms with van der Waals surface area (Å²) in [5.41, 5.74) is 6.09. The molecule has 5 rings (SSSR count). The third kappa shape index (κ3) is 5.75. The standard InChI is InChI=1S/C31H33ClN8O2/c1-18-6-5-7-28(26-12-20(10-11-35-26)30(34-3)27(15-33)37-31(18)42)40-17-36-25(14-29(40)41)23-13-21(32)8-9-22(23)24-16-39(4)38-19(24)2/h8-18,28,33-34H,5-7H2,1-4H3,(H,37,42)/b30-27+,33-15?. The quantitative estimate of drug-likeness (QED) is 0.291.